The maximum atomic E-state index is 12.7. The number of nitrogens with zero attached hydrogens (tertiary/aromatic N) is 1. The number of nitriles is 1. The molecule has 0 aliphatic heterocycles. The molecule has 2 aromatic carbocycles. The average molecular weight is 464 g/mol. The zero-order chi connectivity index (χ0) is 22.5. The molecule has 0 aliphatic carbocycles. The Morgan fingerprint density at radius 2 is 1.77 bits per heavy atom. The van der Waals surface area contributed by atoms with E-state index in [1.165, 1.54) is 31.2 Å². The van der Waals surface area contributed by atoms with Crippen molar-refractivity contribution in [3.8, 4) is 23.3 Å². The van der Waals surface area contributed by atoms with Gasteiger partial charge in [-0.2, -0.15) is 18.4 Å². The zero-order valence-corrected chi connectivity index (χ0v) is 16.7. The Hall–Kier alpha value is -2.67. The number of hydrogen-bond acceptors (Lipinski definition) is 5. The first-order valence-corrected chi connectivity index (χ1v) is 9.06. The van der Waals surface area contributed by atoms with E-state index in [1.807, 2.05) is 0 Å². The van der Waals surface area contributed by atoms with E-state index in [2.05, 4.69) is 0 Å². The highest BCUT2D eigenvalue weighted by Gasteiger charge is 2.31. The molecular formula is C19H14Cl2F3NO5. The quantitative estimate of drug-likeness (QED) is 0.521. The molecule has 6 nitrogen and oxygen atoms in total. The Labute approximate surface area is 179 Å². The molecule has 0 saturated heterocycles. The first kappa shape index (κ1) is 23.6. The summed E-state index contributed by atoms with van der Waals surface area (Å²) in [7, 11) is 0. The van der Waals surface area contributed by atoms with E-state index in [9.17, 15) is 18.0 Å². The van der Waals surface area contributed by atoms with Crippen molar-refractivity contribution < 1.29 is 37.3 Å². The topological polar surface area (TPSA) is 88.8 Å². The van der Waals surface area contributed by atoms with Crippen LogP contribution in [0.3, 0.4) is 0 Å². The number of carbonyl (C=O) groups is 1. The number of aliphatic carboxylic acids is 1. The van der Waals surface area contributed by atoms with Gasteiger partial charge in [0, 0.05) is 0 Å². The van der Waals surface area contributed by atoms with E-state index in [1.54, 1.807) is 6.07 Å². The fourth-order valence-electron chi connectivity index (χ4n) is 2.18. The first-order chi connectivity index (χ1) is 14.0. The SMILES string of the molecule is CC(Oc1ccc(Oc2ccc(C(F)(F)F)cc2Cl)cc1)C(C#N)OC(Cl)C(=O)O. The van der Waals surface area contributed by atoms with Crippen LogP contribution in [0.15, 0.2) is 42.5 Å². The van der Waals surface area contributed by atoms with Crippen LogP contribution in [0, 0.1) is 11.3 Å². The number of benzene rings is 2. The van der Waals surface area contributed by atoms with Crippen molar-refractivity contribution >= 4 is 29.2 Å². The zero-order valence-electron chi connectivity index (χ0n) is 15.2. The minimum atomic E-state index is -4.52. The normalized spacial score (nSPS) is 14.3. The van der Waals surface area contributed by atoms with Crippen LogP contribution in [0.2, 0.25) is 5.02 Å². The molecule has 0 amide bonds. The lowest BCUT2D eigenvalue weighted by molar-refractivity contribution is -0.148. The number of ether oxygens (including phenoxy) is 3. The first-order valence-electron chi connectivity index (χ1n) is 8.24. The monoisotopic (exact) mass is 463 g/mol. The Balaban J connectivity index is 2.03. The maximum Gasteiger partial charge on any atom is 0.416 e. The summed E-state index contributed by atoms with van der Waals surface area (Å²) in [4.78, 5) is 10.7. The van der Waals surface area contributed by atoms with Gasteiger partial charge in [0.15, 0.2) is 6.10 Å². The van der Waals surface area contributed by atoms with Crippen LogP contribution in [0.25, 0.3) is 0 Å². The van der Waals surface area contributed by atoms with Gasteiger partial charge in [-0.15, -0.1) is 0 Å². The van der Waals surface area contributed by atoms with E-state index in [-0.39, 0.29) is 16.5 Å². The van der Waals surface area contributed by atoms with Gasteiger partial charge in [-0.3, -0.25) is 0 Å². The number of alkyl halides is 4. The summed E-state index contributed by atoms with van der Waals surface area (Å²) in [5.74, 6) is -0.825. The molecule has 0 radical (unpaired) electrons. The molecular weight excluding hydrogens is 450 g/mol. The van der Waals surface area contributed by atoms with Gasteiger partial charge in [-0.25, -0.2) is 4.79 Å². The highest BCUT2D eigenvalue weighted by Crippen LogP contribution is 2.36. The molecule has 0 spiro atoms. The van der Waals surface area contributed by atoms with Crippen LogP contribution in [0.1, 0.15) is 12.5 Å². The summed E-state index contributed by atoms with van der Waals surface area (Å²) in [6.07, 6.45) is -6.62. The standard InChI is InChI=1S/C19H14Cl2F3NO5/c1-10(16(9-25)30-17(21)18(26)27)28-12-3-5-13(6-4-12)29-15-7-2-11(8-14(15)20)19(22,23)24/h2-8,10,16-17H,1H3,(H,26,27). The lowest BCUT2D eigenvalue weighted by atomic mass is 10.2. The van der Waals surface area contributed by atoms with Crippen LogP contribution < -0.4 is 9.47 Å². The summed E-state index contributed by atoms with van der Waals surface area (Å²) < 4.78 is 54.0. The van der Waals surface area contributed by atoms with Gasteiger partial charge in [0.05, 0.1) is 16.7 Å². The van der Waals surface area contributed by atoms with Gasteiger partial charge in [0.25, 0.3) is 0 Å². The van der Waals surface area contributed by atoms with Gasteiger partial charge in [0.1, 0.15) is 23.4 Å². The third-order valence-corrected chi connectivity index (χ3v) is 4.23. The van der Waals surface area contributed by atoms with Gasteiger partial charge >= 0.3 is 12.1 Å². The molecule has 11 heteroatoms. The molecule has 2 rings (SSSR count). The predicted molar refractivity (Wildman–Crippen MR) is 101 cm³/mol. The van der Waals surface area contributed by atoms with E-state index < -0.39 is 35.5 Å². The van der Waals surface area contributed by atoms with Crippen LogP contribution >= 0.6 is 23.2 Å². The highest BCUT2D eigenvalue weighted by molar-refractivity contribution is 6.32. The van der Waals surface area contributed by atoms with E-state index in [0.29, 0.717) is 5.75 Å². The van der Waals surface area contributed by atoms with Crippen LogP contribution in [-0.2, 0) is 15.7 Å². The van der Waals surface area contributed by atoms with Crippen molar-refractivity contribution in [1.82, 2.24) is 0 Å². The molecule has 3 atom stereocenters. The highest BCUT2D eigenvalue weighted by atomic mass is 35.5. The molecule has 0 bridgehead atoms. The second-order valence-electron chi connectivity index (χ2n) is 5.88. The fourth-order valence-corrected chi connectivity index (χ4v) is 2.51. The van der Waals surface area contributed by atoms with Crippen molar-refractivity contribution in [1.29, 1.82) is 5.26 Å². The lowest BCUT2D eigenvalue weighted by Crippen LogP contribution is -2.34. The van der Waals surface area contributed by atoms with Gasteiger partial charge in [-0.1, -0.05) is 23.2 Å². The Morgan fingerprint density at radius 3 is 2.27 bits per heavy atom. The van der Waals surface area contributed by atoms with E-state index in [0.717, 1.165) is 18.2 Å². The Kier molecular flexibility index (Phi) is 7.78. The number of halogens is 5. The summed E-state index contributed by atoms with van der Waals surface area (Å²) >= 11 is 11.3. The average Bonchev–Trinajstić information content (AvgIpc) is 2.67. The van der Waals surface area contributed by atoms with Gasteiger partial charge in [-0.05, 0) is 49.4 Å². The number of hydrogen-bond donors (Lipinski definition) is 1. The smallest absolute Gasteiger partial charge is 0.416 e. The largest absolute Gasteiger partial charge is 0.487 e. The second kappa shape index (κ2) is 9.89. The van der Waals surface area contributed by atoms with Crippen LogP contribution in [-0.4, -0.2) is 28.8 Å². The molecule has 160 valence electrons. The summed E-state index contributed by atoms with van der Waals surface area (Å²) in [6, 6.07) is 10.4. The molecule has 0 saturated carbocycles. The number of rotatable bonds is 8. The Bertz CT molecular complexity index is 931. The summed E-state index contributed by atoms with van der Waals surface area (Å²) in [6.45, 7) is 1.49. The summed E-state index contributed by atoms with van der Waals surface area (Å²) in [5.41, 5.74) is -2.60. The minimum absolute atomic E-state index is 0.0338. The van der Waals surface area contributed by atoms with E-state index >= 15 is 0 Å². The third kappa shape index (κ3) is 6.42. The van der Waals surface area contributed by atoms with Crippen molar-refractivity contribution in [3.63, 3.8) is 0 Å². The van der Waals surface area contributed by atoms with Gasteiger partial charge < -0.3 is 19.3 Å². The fraction of sp³-hybridized carbons (Fsp3) is 0.263. The molecule has 0 heterocycles. The van der Waals surface area contributed by atoms with Crippen molar-refractivity contribution in [2.24, 2.45) is 0 Å². The second-order valence-corrected chi connectivity index (χ2v) is 6.68. The van der Waals surface area contributed by atoms with Crippen molar-refractivity contribution in [3.05, 3.63) is 53.1 Å². The molecule has 0 fully saturated rings. The van der Waals surface area contributed by atoms with Crippen molar-refractivity contribution in [2.45, 2.75) is 30.9 Å². The summed E-state index contributed by atoms with van der Waals surface area (Å²) in [5, 5.41) is 17.6. The molecule has 1 N–H and O–H groups in total. The van der Waals surface area contributed by atoms with Gasteiger partial charge in [0.2, 0.25) is 5.56 Å². The maximum absolute atomic E-state index is 12.7. The molecule has 2 aromatic rings. The van der Waals surface area contributed by atoms with E-state index in [4.69, 9.17) is 47.8 Å². The number of carboxylic acids is 1. The predicted octanol–water partition coefficient (Wildman–Crippen LogP) is 5.48. The Morgan fingerprint density at radius 1 is 1.17 bits per heavy atom. The third-order valence-electron chi connectivity index (χ3n) is 3.65. The molecule has 0 aliphatic rings. The number of carboxylic acid groups (broad SMARTS) is 1. The molecule has 0 aromatic heterocycles. The lowest BCUT2D eigenvalue weighted by Gasteiger charge is -2.21. The minimum Gasteiger partial charge on any atom is -0.487 e. The van der Waals surface area contributed by atoms with Crippen LogP contribution in [0.4, 0.5) is 13.2 Å². The van der Waals surface area contributed by atoms with Crippen molar-refractivity contribution in [2.75, 3.05) is 0 Å². The molecule has 30 heavy (non-hydrogen) atoms. The molecule has 3 unspecified atom stereocenters. The van der Waals surface area contributed by atoms with Crippen LogP contribution in [0.5, 0.6) is 17.2 Å².